The predicted octanol–water partition coefficient (Wildman–Crippen LogP) is 3.06. The molecule has 2 aromatic rings. The van der Waals surface area contributed by atoms with Gasteiger partial charge in [0.15, 0.2) is 0 Å². The normalized spacial score (nSPS) is 12.6. The highest BCUT2D eigenvalue weighted by Crippen LogP contribution is 2.19. The lowest BCUT2D eigenvalue weighted by atomic mass is 10.1. The quantitative estimate of drug-likeness (QED) is 0.825. The molecule has 1 unspecified atom stereocenters. The Morgan fingerprint density at radius 2 is 2.00 bits per heavy atom. The van der Waals surface area contributed by atoms with Crippen molar-refractivity contribution in [2.24, 2.45) is 0 Å². The number of rotatable bonds is 7. The number of aliphatic hydroxyl groups is 1. The zero-order valence-electron chi connectivity index (χ0n) is 12.7. The summed E-state index contributed by atoms with van der Waals surface area (Å²) in [5, 5.41) is 13.4. The third kappa shape index (κ3) is 4.81. The third-order valence-corrected chi connectivity index (χ3v) is 4.04. The highest BCUT2D eigenvalue weighted by atomic mass is 32.1. The fourth-order valence-electron chi connectivity index (χ4n) is 1.98. The van der Waals surface area contributed by atoms with Crippen LogP contribution in [0.2, 0.25) is 0 Å². The Bertz CT molecular complexity index is 552. The number of ether oxygens (including phenoxy) is 1. The van der Waals surface area contributed by atoms with Crippen LogP contribution < -0.4 is 10.1 Å². The molecule has 0 saturated carbocycles. The molecule has 0 amide bonds. The Morgan fingerprint density at radius 3 is 2.57 bits per heavy atom. The van der Waals surface area contributed by atoms with Crippen LogP contribution >= 0.6 is 11.3 Å². The first-order valence-electron chi connectivity index (χ1n) is 7.10. The molecule has 0 spiro atoms. The highest BCUT2D eigenvalue weighted by molar-refractivity contribution is 7.09. The van der Waals surface area contributed by atoms with E-state index in [-0.39, 0.29) is 6.10 Å². The first-order valence-corrected chi connectivity index (χ1v) is 7.98. The van der Waals surface area contributed by atoms with Crippen molar-refractivity contribution >= 4 is 11.3 Å². The summed E-state index contributed by atoms with van der Waals surface area (Å²) in [6.45, 7) is 7.24. The second kappa shape index (κ2) is 7.54. The van der Waals surface area contributed by atoms with E-state index in [0.717, 1.165) is 23.6 Å². The van der Waals surface area contributed by atoms with E-state index < -0.39 is 6.10 Å². The largest absolute Gasteiger partial charge is 0.491 e. The average molecular weight is 306 g/mol. The van der Waals surface area contributed by atoms with E-state index in [2.05, 4.69) is 10.3 Å². The van der Waals surface area contributed by atoms with Crippen LogP contribution in [-0.2, 0) is 6.54 Å². The van der Waals surface area contributed by atoms with Crippen LogP contribution in [0.15, 0.2) is 29.8 Å². The molecule has 21 heavy (non-hydrogen) atoms. The molecule has 1 aromatic carbocycles. The second-order valence-electron chi connectivity index (χ2n) is 5.24. The lowest BCUT2D eigenvalue weighted by Crippen LogP contribution is -2.21. The van der Waals surface area contributed by atoms with Gasteiger partial charge >= 0.3 is 0 Å². The van der Waals surface area contributed by atoms with Crippen molar-refractivity contribution in [2.45, 2.75) is 39.5 Å². The van der Waals surface area contributed by atoms with E-state index in [1.807, 2.05) is 50.5 Å². The van der Waals surface area contributed by atoms with Gasteiger partial charge in [-0.3, -0.25) is 0 Å². The van der Waals surface area contributed by atoms with E-state index in [9.17, 15) is 5.11 Å². The van der Waals surface area contributed by atoms with Crippen molar-refractivity contribution in [2.75, 3.05) is 6.54 Å². The van der Waals surface area contributed by atoms with Crippen LogP contribution in [0.1, 0.15) is 36.1 Å². The Kier molecular flexibility index (Phi) is 5.73. The van der Waals surface area contributed by atoms with Crippen LogP contribution in [-0.4, -0.2) is 22.7 Å². The molecular weight excluding hydrogens is 284 g/mol. The molecule has 0 saturated heterocycles. The van der Waals surface area contributed by atoms with Gasteiger partial charge in [0.05, 0.1) is 23.4 Å². The second-order valence-corrected chi connectivity index (χ2v) is 6.18. The van der Waals surface area contributed by atoms with Crippen molar-refractivity contribution < 1.29 is 9.84 Å². The van der Waals surface area contributed by atoms with Gasteiger partial charge in [0.2, 0.25) is 0 Å². The highest BCUT2D eigenvalue weighted by Gasteiger charge is 2.08. The molecule has 5 heteroatoms. The summed E-state index contributed by atoms with van der Waals surface area (Å²) in [5.41, 5.74) is 3.78. The molecule has 0 aliphatic carbocycles. The number of benzene rings is 1. The van der Waals surface area contributed by atoms with E-state index in [4.69, 9.17) is 4.74 Å². The molecule has 0 radical (unpaired) electrons. The van der Waals surface area contributed by atoms with Gasteiger partial charge in [-0.1, -0.05) is 12.1 Å². The van der Waals surface area contributed by atoms with Gasteiger partial charge < -0.3 is 15.2 Å². The number of thiazole rings is 1. The SMILES string of the molecule is Cc1ncsc1CNCC(O)c1ccc(OC(C)C)cc1. The molecule has 114 valence electrons. The smallest absolute Gasteiger partial charge is 0.119 e. The lowest BCUT2D eigenvalue weighted by Gasteiger charge is -2.14. The summed E-state index contributed by atoms with van der Waals surface area (Å²) in [5.74, 6) is 0.828. The topological polar surface area (TPSA) is 54.4 Å². The standard InChI is InChI=1S/C16H22N2O2S/c1-11(2)20-14-6-4-13(5-7-14)15(19)8-17-9-16-12(3)18-10-21-16/h4-7,10-11,15,17,19H,8-9H2,1-3H3. The van der Waals surface area contributed by atoms with E-state index in [0.29, 0.717) is 6.54 Å². The molecule has 0 bridgehead atoms. The minimum absolute atomic E-state index is 0.157. The molecule has 4 nitrogen and oxygen atoms in total. The maximum atomic E-state index is 10.2. The minimum atomic E-state index is -0.522. The maximum absolute atomic E-state index is 10.2. The molecule has 2 rings (SSSR count). The number of aromatic nitrogens is 1. The lowest BCUT2D eigenvalue weighted by molar-refractivity contribution is 0.174. The molecule has 1 atom stereocenters. The molecule has 0 fully saturated rings. The molecule has 2 N–H and O–H groups in total. The van der Waals surface area contributed by atoms with Crippen LogP contribution in [0.3, 0.4) is 0 Å². The van der Waals surface area contributed by atoms with Gasteiger partial charge in [-0.2, -0.15) is 0 Å². The number of nitrogens with one attached hydrogen (secondary N) is 1. The first kappa shape index (κ1) is 15.9. The summed E-state index contributed by atoms with van der Waals surface area (Å²) in [4.78, 5) is 5.42. The van der Waals surface area contributed by atoms with Gasteiger partial charge in [0.1, 0.15) is 5.75 Å². The Morgan fingerprint density at radius 1 is 1.29 bits per heavy atom. The Balaban J connectivity index is 1.82. The van der Waals surface area contributed by atoms with Gasteiger partial charge in [-0.15, -0.1) is 11.3 Å². The third-order valence-electron chi connectivity index (χ3n) is 3.10. The van der Waals surface area contributed by atoms with Gasteiger partial charge in [-0.05, 0) is 38.5 Å². The zero-order valence-corrected chi connectivity index (χ0v) is 13.5. The molecular formula is C16H22N2O2S. The summed E-state index contributed by atoms with van der Waals surface area (Å²) in [7, 11) is 0. The number of aliphatic hydroxyl groups excluding tert-OH is 1. The van der Waals surface area contributed by atoms with Crippen LogP contribution in [0.5, 0.6) is 5.75 Å². The predicted molar refractivity (Wildman–Crippen MR) is 85.7 cm³/mol. The number of aryl methyl sites for hydroxylation is 1. The Hall–Kier alpha value is -1.43. The summed E-state index contributed by atoms with van der Waals surface area (Å²) in [6, 6.07) is 7.60. The van der Waals surface area contributed by atoms with E-state index >= 15 is 0 Å². The van der Waals surface area contributed by atoms with Crippen LogP contribution in [0, 0.1) is 6.92 Å². The van der Waals surface area contributed by atoms with Crippen molar-refractivity contribution in [3.8, 4) is 5.75 Å². The summed E-state index contributed by atoms with van der Waals surface area (Å²) in [6.07, 6.45) is -0.364. The molecule has 0 aliphatic heterocycles. The van der Waals surface area contributed by atoms with Gasteiger partial charge in [0.25, 0.3) is 0 Å². The van der Waals surface area contributed by atoms with E-state index in [1.54, 1.807) is 11.3 Å². The monoisotopic (exact) mass is 306 g/mol. The number of hydrogen-bond acceptors (Lipinski definition) is 5. The molecule has 1 aromatic heterocycles. The zero-order chi connectivity index (χ0) is 15.2. The molecule has 1 heterocycles. The van der Waals surface area contributed by atoms with Crippen molar-refractivity contribution in [1.29, 1.82) is 0 Å². The summed E-state index contributed by atoms with van der Waals surface area (Å²) >= 11 is 1.63. The first-order chi connectivity index (χ1) is 10.1. The molecule has 0 aliphatic rings. The van der Waals surface area contributed by atoms with Gasteiger partial charge in [-0.25, -0.2) is 4.98 Å². The van der Waals surface area contributed by atoms with Crippen LogP contribution in [0.4, 0.5) is 0 Å². The summed E-state index contributed by atoms with van der Waals surface area (Å²) < 4.78 is 5.59. The maximum Gasteiger partial charge on any atom is 0.119 e. The van der Waals surface area contributed by atoms with Crippen molar-refractivity contribution in [3.63, 3.8) is 0 Å². The van der Waals surface area contributed by atoms with Crippen molar-refractivity contribution in [1.82, 2.24) is 10.3 Å². The number of hydrogen-bond donors (Lipinski definition) is 2. The Labute approximate surface area is 129 Å². The van der Waals surface area contributed by atoms with Crippen molar-refractivity contribution in [3.05, 3.63) is 45.9 Å². The fourth-order valence-corrected chi connectivity index (χ4v) is 2.72. The van der Waals surface area contributed by atoms with E-state index in [1.165, 1.54) is 4.88 Å². The van der Waals surface area contributed by atoms with Crippen LogP contribution in [0.25, 0.3) is 0 Å². The minimum Gasteiger partial charge on any atom is -0.491 e. The average Bonchev–Trinajstić information content (AvgIpc) is 2.84. The van der Waals surface area contributed by atoms with Gasteiger partial charge in [0, 0.05) is 18.0 Å². The fraction of sp³-hybridized carbons (Fsp3) is 0.438. The number of nitrogens with zero attached hydrogens (tertiary/aromatic N) is 1.